The number of carboxylic acid groups (broad SMARTS) is 1. The second kappa shape index (κ2) is 4.56. The number of halogens is 1. The minimum Gasteiger partial charge on any atom is -0.478 e. The molecule has 0 spiro atoms. The van der Waals surface area contributed by atoms with Gasteiger partial charge in [0.05, 0.1) is 5.69 Å². The van der Waals surface area contributed by atoms with Crippen molar-refractivity contribution in [3.63, 3.8) is 0 Å². The summed E-state index contributed by atoms with van der Waals surface area (Å²) >= 11 is 0. The van der Waals surface area contributed by atoms with Crippen molar-refractivity contribution in [1.82, 2.24) is 14.8 Å². The lowest BCUT2D eigenvalue weighted by molar-refractivity contribution is -0.131. The van der Waals surface area contributed by atoms with E-state index in [0.29, 0.717) is 11.3 Å². The van der Waals surface area contributed by atoms with Crippen LogP contribution >= 0.6 is 0 Å². The molecule has 2 aromatic rings. The fraction of sp³-hybridized carbons (Fsp3) is 0. The summed E-state index contributed by atoms with van der Waals surface area (Å²) in [5, 5.41) is 12.4. The zero-order valence-electron chi connectivity index (χ0n) is 8.62. The third-order valence-corrected chi connectivity index (χ3v) is 2.01. The largest absolute Gasteiger partial charge is 0.478 e. The number of benzene rings is 1. The average Bonchev–Trinajstić information content (AvgIpc) is 2.79. The van der Waals surface area contributed by atoms with Gasteiger partial charge in [-0.3, -0.25) is 0 Å². The molecular weight excluding hydrogens is 225 g/mol. The summed E-state index contributed by atoms with van der Waals surface area (Å²) in [6, 6.07) is 4.13. The highest BCUT2D eigenvalue weighted by molar-refractivity contribution is 5.85. The summed E-state index contributed by atoms with van der Waals surface area (Å²) in [4.78, 5) is 14.1. The van der Waals surface area contributed by atoms with E-state index in [9.17, 15) is 9.18 Å². The Morgan fingerprint density at radius 2 is 2.24 bits per heavy atom. The maximum atomic E-state index is 13.3. The predicted molar refractivity (Wildman–Crippen MR) is 58.0 cm³/mol. The van der Waals surface area contributed by atoms with Crippen molar-refractivity contribution in [3.8, 4) is 5.69 Å². The average molecular weight is 233 g/mol. The molecule has 0 atom stereocenters. The maximum absolute atomic E-state index is 13.3. The van der Waals surface area contributed by atoms with E-state index in [1.807, 2.05) is 0 Å². The van der Waals surface area contributed by atoms with E-state index >= 15 is 0 Å². The number of nitrogens with zero attached hydrogens (tertiary/aromatic N) is 3. The van der Waals surface area contributed by atoms with Gasteiger partial charge in [0.2, 0.25) is 0 Å². The molecule has 0 bridgehead atoms. The van der Waals surface area contributed by atoms with Crippen molar-refractivity contribution in [2.75, 3.05) is 0 Å². The molecule has 86 valence electrons. The molecular formula is C11H8FN3O2. The molecule has 1 aromatic carbocycles. The van der Waals surface area contributed by atoms with Crippen LogP contribution in [0.2, 0.25) is 0 Å². The highest BCUT2D eigenvalue weighted by atomic mass is 19.1. The molecule has 0 aliphatic heterocycles. The van der Waals surface area contributed by atoms with Gasteiger partial charge in [0.15, 0.2) is 0 Å². The van der Waals surface area contributed by atoms with Crippen molar-refractivity contribution >= 4 is 12.0 Å². The van der Waals surface area contributed by atoms with E-state index < -0.39 is 11.8 Å². The highest BCUT2D eigenvalue weighted by Crippen LogP contribution is 2.13. The van der Waals surface area contributed by atoms with Gasteiger partial charge in [0, 0.05) is 6.08 Å². The van der Waals surface area contributed by atoms with Gasteiger partial charge in [-0.2, -0.15) is 5.10 Å². The molecule has 0 aliphatic rings. The van der Waals surface area contributed by atoms with Crippen molar-refractivity contribution < 1.29 is 14.3 Å². The Morgan fingerprint density at radius 1 is 1.41 bits per heavy atom. The first-order valence-electron chi connectivity index (χ1n) is 4.72. The van der Waals surface area contributed by atoms with Crippen LogP contribution < -0.4 is 0 Å². The molecule has 1 N–H and O–H groups in total. The molecule has 0 amide bonds. The summed E-state index contributed by atoms with van der Waals surface area (Å²) < 4.78 is 14.7. The molecule has 0 saturated heterocycles. The molecule has 0 fully saturated rings. The van der Waals surface area contributed by atoms with Gasteiger partial charge in [-0.25, -0.2) is 18.9 Å². The van der Waals surface area contributed by atoms with E-state index in [1.54, 1.807) is 6.07 Å². The second-order valence-corrected chi connectivity index (χ2v) is 3.25. The molecule has 0 saturated carbocycles. The van der Waals surface area contributed by atoms with Crippen LogP contribution in [-0.4, -0.2) is 25.8 Å². The van der Waals surface area contributed by atoms with E-state index in [4.69, 9.17) is 5.11 Å². The molecule has 0 unspecified atom stereocenters. The van der Waals surface area contributed by atoms with E-state index in [1.165, 1.54) is 35.5 Å². The number of carbonyl (C=O) groups is 1. The van der Waals surface area contributed by atoms with Gasteiger partial charge in [-0.1, -0.05) is 0 Å². The normalized spacial score (nSPS) is 10.9. The van der Waals surface area contributed by atoms with Gasteiger partial charge in [0.1, 0.15) is 18.5 Å². The summed E-state index contributed by atoms with van der Waals surface area (Å²) in [6.07, 6.45) is 5.02. The molecule has 1 aromatic heterocycles. The SMILES string of the molecule is O=C(O)/C=C/c1cc(F)cc(-n2cncn2)c1. The van der Waals surface area contributed by atoms with Crippen LogP contribution in [0.4, 0.5) is 4.39 Å². The number of hydrogen-bond acceptors (Lipinski definition) is 3. The Kier molecular flexibility index (Phi) is 2.95. The lowest BCUT2D eigenvalue weighted by Gasteiger charge is -2.02. The first kappa shape index (κ1) is 11.0. The lowest BCUT2D eigenvalue weighted by atomic mass is 10.2. The topological polar surface area (TPSA) is 68.0 Å². The van der Waals surface area contributed by atoms with E-state index in [0.717, 1.165) is 6.08 Å². The molecule has 0 radical (unpaired) electrons. The molecule has 2 rings (SSSR count). The number of aliphatic carboxylic acids is 1. The quantitative estimate of drug-likeness (QED) is 0.816. The summed E-state index contributed by atoms with van der Waals surface area (Å²) in [6.45, 7) is 0. The zero-order chi connectivity index (χ0) is 12.3. The fourth-order valence-corrected chi connectivity index (χ4v) is 1.33. The Balaban J connectivity index is 2.39. The maximum Gasteiger partial charge on any atom is 0.328 e. The first-order chi connectivity index (χ1) is 8.15. The van der Waals surface area contributed by atoms with Gasteiger partial charge in [-0.05, 0) is 29.8 Å². The molecule has 17 heavy (non-hydrogen) atoms. The van der Waals surface area contributed by atoms with E-state index in [-0.39, 0.29) is 0 Å². The van der Waals surface area contributed by atoms with Crippen LogP contribution in [0.15, 0.2) is 36.9 Å². The van der Waals surface area contributed by atoms with Crippen LogP contribution in [0.25, 0.3) is 11.8 Å². The monoisotopic (exact) mass is 233 g/mol. The molecule has 5 nitrogen and oxygen atoms in total. The number of rotatable bonds is 3. The minimum atomic E-state index is -1.09. The Morgan fingerprint density at radius 3 is 2.88 bits per heavy atom. The van der Waals surface area contributed by atoms with Crippen molar-refractivity contribution in [2.24, 2.45) is 0 Å². The Labute approximate surface area is 95.8 Å². The van der Waals surface area contributed by atoms with Crippen LogP contribution in [0.1, 0.15) is 5.56 Å². The smallest absolute Gasteiger partial charge is 0.328 e. The zero-order valence-corrected chi connectivity index (χ0v) is 8.62. The second-order valence-electron chi connectivity index (χ2n) is 3.25. The third kappa shape index (κ3) is 2.75. The summed E-state index contributed by atoms with van der Waals surface area (Å²) in [7, 11) is 0. The summed E-state index contributed by atoms with van der Waals surface area (Å²) in [5.74, 6) is -1.56. The van der Waals surface area contributed by atoms with Gasteiger partial charge in [-0.15, -0.1) is 0 Å². The minimum absolute atomic E-state index is 0.443. The van der Waals surface area contributed by atoms with Gasteiger partial charge >= 0.3 is 5.97 Å². The third-order valence-electron chi connectivity index (χ3n) is 2.01. The number of aromatic nitrogens is 3. The van der Waals surface area contributed by atoms with Crippen LogP contribution in [-0.2, 0) is 4.79 Å². The molecule has 6 heteroatoms. The number of hydrogen-bond donors (Lipinski definition) is 1. The number of carboxylic acids is 1. The van der Waals surface area contributed by atoms with Gasteiger partial charge < -0.3 is 5.11 Å². The van der Waals surface area contributed by atoms with Crippen LogP contribution in [0.5, 0.6) is 0 Å². The molecule has 1 heterocycles. The highest BCUT2D eigenvalue weighted by Gasteiger charge is 2.02. The summed E-state index contributed by atoms with van der Waals surface area (Å²) in [5.41, 5.74) is 0.922. The predicted octanol–water partition coefficient (Wildman–Crippen LogP) is 1.50. The Hall–Kier alpha value is -2.50. The van der Waals surface area contributed by atoms with Crippen LogP contribution in [0, 0.1) is 5.82 Å². The van der Waals surface area contributed by atoms with E-state index in [2.05, 4.69) is 10.1 Å². The Bertz CT molecular complexity index is 564. The van der Waals surface area contributed by atoms with Gasteiger partial charge in [0.25, 0.3) is 0 Å². The molecule has 0 aliphatic carbocycles. The van der Waals surface area contributed by atoms with Crippen molar-refractivity contribution in [2.45, 2.75) is 0 Å². The first-order valence-corrected chi connectivity index (χ1v) is 4.72. The van der Waals surface area contributed by atoms with Crippen molar-refractivity contribution in [1.29, 1.82) is 0 Å². The lowest BCUT2D eigenvalue weighted by Crippen LogP contribution is -1.96. The van der Waals surface area contributed by atoms with Crippen molar-refractivity contribution in [3.05, 3.63) is 48.3 Å². The fourth-order valence-electron chi connectivity index (χ4n) is 1.33. The van der Waals surface area contributed by atoms with Crippen LogP contribution in [0.3, 0.4) is 0 Å². The standard InChI is InChI=1S/C11H8FN3O2/c12-9-3-8(1-2-11(16)17)4-10(5-9)15-7-13-6-14-15/h1-7H,(H,16,17)/b2-1+.